The van der Waals surface area contributed by atoms with Gasteiger partial charge in [0.25, 0.3) is 0 Å². The Balaban J connectivity index is 0. The molecule has 99 valence electrons. The average molecular weight is 305 g/mol. The van der Waals surface area contributed by atoms with Crippen LogP contribution in [0.4, 0.5) is 0 Å². The van der Waals surface area contributed by atoms with Crippen molar-refractivity contribution in [1.82, 2.24) is 10.6 Å². The first kappa shape index (κ1) is 18.2. The molecular weight excluding hydrogens is 290 g/mol. The number of nitrogens with zero attached hydrogens (tertiary/aromatic N) is 5. The van der Waals surface area contributed by atoms with E-state index >= 15 is 0 Å². The van der Waals surface area contributed by atoms with Gasteiger partial charge in [-0.1, -0.05) is 0 Å². The van der Waals surface area contributed by atoms with Crippen molar-refractivity contribution in [3.63, 3.8) is 0 Å². The molecule has 9 heteroatoms. The third-order valence-electron chi connectivity index (χ3n) is 1.34. The van der Waals surface area contributed by atoms with E-state index in [0.717, 1.165) is 0 Å². The quantitative estimate of drug-likeness (QED) is 0.254. The Labute approximate surface area is 117 Å². The Morgan fingerprint density at radius 2 is 1.82 bits per heavy atom. The standard InChI is InChI=1S/C8H16N7S.Cu/c1-6(13-15-8(16)11-4)5-12-14-7(9-2)10-3;/h5H,1-4H3,(H3-,9,10,11,12,13,14,15,16);/q-1;+2/p-1/i;1+0. The van der Waals surface area contributed by atoms with Crippen molar-refractivity contribution in [3.05, 3.63) is 5.32 Å². The predicted octanol–water partition coefficient (Wildman–Crippen LogP) is 0.0468. The van der Waals surface area contributed by atoms with Gasteiger partial charge in [-0.05, 0) is 26.2 Å². The SMILES string of the molecule is C[N-]C(=NN=CC(C)=NN=C([S-])NC)NC.[64Cu+2]. The van der Waals surface area contributed by atoms with Crippen LogP contribution in [-0.4, -0.2) is 44.2 Å². The van der Waals surface area contributed by atoms with Crippen molar-refractivity contribution in [2.24, 2.45) is 20.4 Å². The predicted molar refractivity (Wildman–Crippen MR) is 71.2 cm³/mol. The van der Waals surface area contributed by atoms with Crippen LogP contribution in [0.25, 0.3) is 5.32 Å². The van der Waals surface area contributed by atoms with Crippen molar-refractivity contribution in [1.29, 1.82) is 0 Å². The van der Waals surface area contributed by atoms with Crippen molar-refractivity contribution < 1.29 is 17.1 Å². The summed E-state index contributed by atoms with van der Waals surface area (Å²) in [6.07, 6.45) is 1.46. The summed E-state index contributed by atoms with van der Waals surface area (Å²) in [6.45, 7) is 1.74. The third kappa shape index (κ3) is 9.73. The van der Waals surface area contributed by atoms with E-state index in [4.69, 9.17) is 12.6 Å². The van der Waals surface area contributed by atoms with Gasteiger partial charge in [0.1, 0.15) is 0 Å². The largest absolute Gasteiger partial charge is 2.00 e. The van der Waals surface area contributed by atoms with Crippen LogP contribution in [0.3, 0.4) is 0 Å². The molecule has 1 radical (unpaired) electrons. The van der Waals surface area contributed by atoms with Gasteiger partial charge in [0.2, 0.25) is 0 Å². The van der Waals surface area contributed by atoms with Gasteiger partial charge in [0, 0.05) is 13.0 Å². The molecule has 0 aliphatic carbocycles. The van der Waals surface area contributed by atoms with Gasteiger partial charge in [-0.2, -0.15) is 10.2 Å². The molecule has 2 N–H and O–H groups in total. The summed E-state index contributed by atoms with van der Waals surface area (Å²) in [7, 11) is 5.01. The minimum atomic E-state index is 0. The van der Waals surface area contributed by atoms with E-state index in [9.17, 15) is 0 Å². The van der Waals surface area contributed by atoms with Gasteiger partial charge in [0.15, 0.2) is 0 Å². The second-order valence-corrected chi connectivity index (χ2v) is 2.93. The van der Waals surface area contributed by atoms with E-state index in [-0.39, 0.29) is 17.1 Å². The summed E-state index contributed by atoms with van der Waals surface area (Å²) in [6, 6.07) is 0. The zero-order valence-corrected chi connectivity index (χ0v) is 11.8. The molecule has 0 rings (SSSR count). The molecule has 0 spiro atoms. The summed E-state index contributed by atoms with van der Waals surface area (Å²) >= 11 is 4.78. The van der Waals surface area contributed by atoms with Crippen LogP contribution < -0.4 is 10.6 Å². The molecule has 0 aliphatic rings. The van der Waals surface area contributed by atoms with E-state index < -0.39 is 0 Å². The molecule has 0 unspecified atom stereocenters. The minimum Gasteiger partial charge on any atom is -0.741 e. The van der Waals surface area contributed by atoms with Crippen LogP contribution in [0.1, 0.15) is 6.92 Å². The zero-order chi connectivity index (χ0) is 12.4. The molecule has 0 saturated carbocycles. The van der Waals surface area contributed by atoms with Crippen molar-refractivity contribution >= 4 is 35.7 Å². The number of amidine groups is 1. The smallest absolute Gasteiger partial charge is 0.741 e. The summed E-state index contributed by atoms with van der Waals surface area (Å²) in [5.74, 6) is 0.437. The summed E-state index contributed by atoms with van der Waals surface area (Å²) < 4.78 is 0. The van der Waals surface area contributed by atoms with E-state index in [1.807, 2.05) is 0 Å². The Morgan fingerprint density at radius 1 is 1.18 bits per heavy atom. The number of guanidine groups is 1. The molecule has 0 saturated heterocycles. The maximum absolute atomic E-state index is 4.78. The number of nitrogens with one attached hydrogen (secondary N) is 2. The average Bonchev–Trinajstić information content (AvgIpc) is 2.31. The number of hydrogen-bond donors (Lipinski definition) is 2. The summed E-state index contributed by atoms with van der Waals surface area (Å²) in [4.78, 5) is 0. The second-order valence-electron chi connectivity index (χ2n) is 2.54. The fourth-order valence-corrected chi connectivity index (χ4v) is 0.615. The molecular formula is C8H15CuN7S. The summed E-state index contributed by atoms with van der Waals surface area (Å²) in [5.41, 5.74) is 0.591. The van der Waals surface area contributed by atoms with E-state index in [0.29, 0.717) is 16.8 Å². The van der Waals surface area contributed by atoms with Crippen LogP contribution >= 0.6 is 0 Å². The normalized spacial score (nSPS) is 13.3. The number of hydrogen-bond acceptors (Lipinski definition) is 5. The van der Waals surface area contributed by atoms with Crippen LogP contribution in [-0.2, 0) is 29.7 Å². The van der Waals surface area contributed by atoms with Gasteiger partial charge in [-0.3, -0.25) is 5.10 Å². The molecule has 0 fully saturated rings. The molecule has 0 aromatic heterocycles. The van der Waals surface area contributed by atoms with Gasteiger partial charge < -0.3 is 28.6 Å². The molecule has 0 atom stereocenters. The molecule has 0 aromatic rings. The Hall–Kier alpha value is -1.18. The number of rotatable bonds is 3. The Bertz CT molecular complexity index is 318. The van der Waals surface area contributed by atoms with Crippen LogP contribution in [0, 0.1) is 0 Å². The van der Waals surface area contributed by atoms with Gasteiger partial charge >= 0.3 is 17.1 Å². The molecule has 0 heterocycles. The summed E-state index contributed by atoms with van der Waals surface area (Å²) in [5, 5.41) is 24.6. The molecule has 0 amide bonds. The first-order valence-corrected chi connectivity index (χ1v) is 4.90. The van der Waals surface area contributed by atoms with Gasteiger partial charge in [-0.25, -0.2) is 5.10 Å². The van der Waals surface area contributed by atoms with Crippen molar-refractivity contribution in [2.45, 2.75) is 6.92 Å². The van der Waals surface area contributed by atoms with Gasteiger partial charge in [0.05, 0.1) is 11.9 Å². The molecule has 0 aromatic carbocycles. The maximum Gasteiger partial charge on any atom is 2.00 e. The topological polar surface area (TPSA) is 87.6 Å². The van der Waals surface area contributed by atoms with Crippen LogP contribution in [0.2, 0.25) is 0 Å². The Morgan fingerprint density at radius 3 is 2.29 bits per heavy atom. The minimum absolute atomic E-state index is 0. The fourth-order valence-electron chi connectivity index (χ4n) is 0.574. The molecule has 7 nitrogen and oxygen atoms in total. The van der Waals surface area contributed by atoms with E-state index in [2.05, 4.69) is 36.4 Å². The fraction of sp³-hybridized carbons (Fsp3) is 0.500. The van der Waals surface area contributed by atoms with Crippen molar-refractivity contribution in [3.8, 4) is 0 Å². The zero-order valence-electron chi connectivity index (χ0n) is 10.0. The first-order valence-electron chi connectivity index (χ1n) is 4.49. The van der Waals surface area contributed by atoms with E-state index in [1.165, 1.54) is 6.21 Å². The second kappa shape index (κ2) is 11.3. The molecule has 0 bridgehead atoms. The van der Waals surface area contributed by atoms with Crippen LogP contribution in [0.5, 0.6) is 0 Å². The van der Waals surface area contributed by atoms with Gasteiger partial charge in [-0.15, -0.1) is 0 Å². The first-order chi connectivity index (χ1) is 7.63. The maximum atomic E-state index is 4.78. The molecule has 17 heavy (non-hydrogen) atoms. The Kier molecular flexibility index (Phi) is 12.1. The van der Waals surface area contributed by atoms with E-state index in [1.54, 1.807) is 28.1 Å². The molecule has 0 aliphatic heterocycles. The van der Waals surface area contributed by atoms with Crippen molar-refractivity contribution in [2.75, 3.05) is 21.1 Å². The monoisotopic (exact) mass is 305 g/mol. The third-order valence-corrected chi connectivity index (χ3v) is 1.63. The van der Waals surface area contributed by atoms with Crippen LogP contribution in [0.15, 0.2) is 20.4 Å².